The average molecular weight is 272 g/mol. The summed E-state index contributed by atoms with van der Waals surface area (Å²) in [4.78, 5) is 23.1. The van der Waals surface area contributed by atoms with E-state index in [1.807, 2.05) is 13.8 Å². The zero-order valence-electron chi connectivity index (χ0n) is 11.6. The number of amides is 2. The van der Waals surface area contributed by atoms with Gasteiger partial charge in [-0.15, -0.1) is 0 Å². The number of nitrogens with zero attached hydrogens (tertiary/aromatic N) is 1. The van der Waals surface area contributed by atoms with Crippen LogP contribution in [0.4, 0.5) is 11.4 Å². The van der Waals surface area contributed by atoms with Crippen LogP contribution >= 0.6 is 0 Å². The summed E-state index contributed by atoms with van der Waals surface area (Å²) in [6, 6.07) is 6.94. The average Bonchev–Trinajstić information content (AvgIpc) is 2.69. The molecule has 1 heterocycles. The van der Waals surface area contributed by atoms with E-state index in [9.17, 15) is 9.59 Å². The first-order valence-corrected chi connectivity index (χ1v) is 6.18. The van der Waals surface area contributed by atoms with Crippen LogP contribution in [0.5, 0.6) is 0 Å². The Morgan fingerprint density at radius 2 is 1.80 bits per heavy atom. The highest BCUT2D eigenvalue weighted by Crippen LogP contribution is 2.17. The molecule has 2 amide bonds. The molecule has 0 radical (unpaired) electrons. The van der Waals surface area contributed by atoms with Crippen molar-refractivity contribution in [1.82, 2.24) is 10.2 Å². The van der Waals surface area contributed by atoms with Gasteiger partial charge in [0.2, 0.25) is 5.91 Å². The summed E-state index contributed by atoms with van der Waals surface area (Å²) in [5, 5.41) is 12.2. The van der Waals surface area contributed by atoms with Crippen LogP contribution in [-0.4, -0.2) is 22.0 Å². The van der Waals surface area contributed by atoms with Crippen LogP contribution in [-0.2, 0) is 4.79 Å². The summed E-state index contributed by atoms with van der Waals surface area (Å²) < 4.78 is 0. The minimum Gasteiger partial charge on any atom is -0.326 e. The molecule has 6 nitrogen and oxygen atoms in total. The number of aromatic amines is 1. The van der Waals surface area contributed by atoms with E-state index in [-0.39, 0.29) is 11.8 Å². The van der Waals surface area contributed by atoms with Crippen molar-refractivity contribution < 1.29 is 9.59 Å². The predicted molar refractivity (Wildman–Crippen MR) is 76.8 cm³/mol. The predicted octanol–water partition coefficient (Wildman–Crippen LogP) is 2.24. The smallest absolute Gasteiger partial charge is 0.276 e. The van der Waals surface area contributed by atoms with Crippen LogP contribution in [0.25, 0.3) is 0 Å². The van der Waals surface area contributed by atoms with Crippen LogP contribution in [0.2, 0.25) is 0 Å². The van der Waals surface area contributed by atoms with Crippen LogP contribution in [0.1, 0.15) is 28.7 Å². The van der Waals surface area contributed by atoms with E-state index in [0.717, 1.165) is 11.3 Å². The van der Waals surface area contributed by atoms with Crippen molar-refractivity contribution in [2.45, 2.75) is 20.8 Å². The third-order valence-electron chi connectivity index (χ3n) is 2.91. The van der Waals surface area contributed by atoms with E-state index in [2.05, 4.69) is 20.8 Å². The molecule has 0 saturated carbocycles. The lowest BCUT2D eigenvalue weighted by atomic mass is 10.2. The van der Waals surface area contributed by atoms with Crippen molar-refractivity contribution in [3.8, 4) is 0 Å². The van der Waals surface area contributed by atoms with Crippen LogP contribution in [0.15, 0.2) is 24.3 Å². The van der Waals surface area contributed by atoms with E-state index in [1.165, 1.54) is 6.92 Å². The molecule has 0 aliphatic carbocycles. The molecule has 0 fully saturated rings. The molecule has 0 spiro atoms. The van der Waals surface area contributed by atoms with Crippen molar-refractivity contribution in [2.75, 3.05) is 10.6 Å². The number of hydrogen-bond donors (Lipinski definition) is 3. The van der Waals surface area contributed by atoms with Gasteiger partial charge in [0.15, 0.2) is 5.69 Å². The fraction of sp³-hybridized carbons (Fsp3) is 0.214. The number of aromatic nitrogens is 2. The molecule has 1 aromatic carbocycles. The zero-order valence-corrected chi connectivity index (χ0v) is 11.6. The number of rotatable bonds is 3. The highest BCUT2D eigenvalue weighted by atomic mass is 16.2. The summed E-state index contributed by atoms with van der Waals surface area (Å²) >= 11 is 0. The normalized spacial score (nSPS) is 10.2. The lowest BCUT2D eigenvalue weighted by molar-refractivity contribution is -0.114. The highest BCUT2D eigenvalue weighted by Gasteiger charge is 2.14. The Balaban J connectivity index is 2.15. The molecule has 0 bridgehead atoms. The number of anilines is 2. The number of carbonyl (C=O) groups is 2. The van der Waals surface area contributed by atoms with Crippen LogP contribution in [0.3, 0.4) is 0 Å². The van der Waals surface area contributed by atoms with Gasteiger partial charge in [-0.05, 0) is 32.0 Å². The molecular weight excluding hydrogens is 256 g/mol. The van der Waals surface area contributed by atoms with E-state index in [1.54, 1.807) is 24.3 Å². The third kappa shape index (κ3) is 3.03. The molecule has 20 heavy (non-hydrogen) atoms. The summed E-state index contributed by atoms with van der Waals surface area (Å²) in [7, 11) is 0. The van der Waals surface area contributed by atoms with Gasteiger partial charge in [0, 0.05) is 29.6 Å². The molecule has 6 heteroatoms. The van der Waals surface area contributed by atoms with Gasteiger partial charge in [0.25, 0.3) is 5.91 Å². The summed E-state index contributed by atoms with van der Waals surface area (Å²) in [6.07, 6.45) is 0. The van der Waals surface area contributed by atoms with Gasteiger partial charge in [0.05, 0.1) is 0 Å². The van der Waals surface area contributed by atoms with Gasteiger partial charge in [-0.3, -0.25) is 14.7 Å². The minimum atomic E-state index is -0.285. The van der Waals surface area contributed by atoms with Gasteiger partial charge < -0.3 is 10.6 Å². The number of aryl methyl sites for hydroxylation is 1. The number of benzene rings is 1. The van der Waals surface area contributed by atoms with Crippen molar-refractivity contribution in [2.24, 2.45) is 0 Å². The maximum absolute atomic E-state index is 12.1. The van der Waals surface area contributed by atoms with Crippen molar-refractivity contribution in [3.05, 3.63) is 41.2 Å². The molecule has 104 valence electrons. The van der Waals surface area contributed by atoms with Crippen molar-refractivity contribution in [1.29, 1.82) is 0 Å². The number of hydrogen-bond acceptors (Lipinski definition) is 3. The molecule has 0 atom stereocenters. The van der Waals surface area contributed by atoms with Crippen LogP contribution in [0, 0.1) is 13.8 Å². The molecule has 2 rings (SSSR count). The maximum atomic E-state index is 12.1. The first-order valence-electron chi connectivity index (χ1n) is 6.18. The molecular formula is C14H16N4O2. The standard InChI is InChI=1S/C14H16N4O2/c1-8-9(2)17-18-13(8)14(20)16-12-6-4-5-11(7-12)15-10(3)19/h4-7H,1-3H3,(H,15,19)(H,16,20)(H,17,18). The highest BCUT2D eigenvalue weighted by molar-refractivity contribution is 6.04. The minimum absolute atomic E-state index is 0.160. The SMILES string of the molecule is CC(=O)Nc1cccc(NC(=O)c2n[nH]c(C)c2C)c1. The Labute approximate surface area is 116 Å². The van der Waals surface area contributed by atoms with Gasteiger partial charge in [-0.25, -0.2) is 0 Å². The summed E-state index contributed by atoms with van der Waals surface area (Å²) in [5.41, 5.74) is 3.28. The number of nitrogens with one attached hydrogen (secondary N) is 3. The third-order valence-corrected chi connectivity index (χ3v) is 2.91. The molecule has 0 unspecified atom stereocenters. The first kappa shape index (κ1) is 13.8. The lowest BCUT2D eigenvalue weighted by Gasteiger charge is -2.07. The zero-order chi connectivity index (χ0) is 14.7. The van der Waals surface area contributed by atoms with E-state index < -0.39 is 0 Å². The molecule has 0 aliphatic rings. The second kappa shape index (κ2) is 5.56. The Hall–Kier alpha value is -2.63. The fourth-order valence-corrected chi connectivity index (χ4v) is 1.77. The quantitative estimate of drug-likeness (QED) is 0.800. The van der Waals surface area contributed by atoms with Gasteiger partial charge >= 0.3 is 0 Å². The van der Waals surface area contributed by atoms with E-state index in [4.69, 9.17) is 0 Å². The molecule has 3 N–H and O–H groups in total. The Kier molecular flexibility index (Phi) is 3.84. The Morgan fingerprint density at radius 3 is 2.35 bits per heavy atom. The fourth-order valence-electron chi connectivity index (χ4n) is 1.77. The molecule has 1 aromatic heterocycles. The molecule has 0 aliphatic heterocycles. The maximum Gasteiger partial charge on any atom is 0.276 e. The first-order chi connectivity index (χ1) is 9.47. The Morgan fingerprint density at radius 1 is 1.15 bits per heavy atom. The Bertz CT molecular complexity index is 661. The molecule has 2 aromatic rings. The number of carbonyl (C=O) groups excluding carboxylic acids is 2. The summed E-state index contributed by atoms with van der Waals surface area (Å²) in [5.74, 6) is -0.445. The largest absolute Gasteiger partial charge is 0.326 e. The van der Waals surface area contributed by atoms with Gasteiger partial charge in [0.1, 0.15) is 0 Å². The number of H-pyrrole nitrogens is 1. The lowest BCUT2D eigenvalue weighted by Crippen LogP contribution is -2.14. The van der Waals surface area contributed by atoms with Gasteiger partial charge in [-0.1, -0.05) is 6.07 Å². The second-order valence-electron chi connectivity index (χ2n) is 4.54. The van der Waals surface area contributed by atoms with Crippen molar-refractivity contribution >= 4 is 23.2 Å². The van der Waals surface area contributed by atoms with Crippen molar-refractivity contribution in [3.63, 3.8) is 0 Å². The summed E-state index contributed by atoms with van der Waals surface area (Å²) in [6.45, 7) is 5.12. The van der Waals surface area contributed by atoms with Crippen LogP contribution < -0.4 is 10.6 Å². The van der Waals surface area contributed by atoms with Gasteiger partial charge in [-0.2, -0.15) is 5.10 Å². The monoisotopic (exact) mass is 272 g/mol. The second-order valence-corrected chi connectivity index (χ2v) is 4.54. The van der Waals surface area contributed by atoms with E-state index in [0.29, 0.717) is 17.1 Å². The topological polar surface area (TPSA) is 86.9 Å². The molecule has 0 saturated heterocycles. The van der Waals surface area contributed by atoms with E-state index >= 15 is 0 Å².